The molecule has 0 amide bonds. The third-order valence-corrected chi connectivity index (χ3v) is 5.10. The number of nitrogens with zero attached hydrogens (tertiary/aromatic N) is 1. The first-order valence-electron chi connectivity index (χ1n) is 7.66. The Hall–Kier alpha value is -0.610. The van der Waals surface area contributed by atoms with E-state index in [-0.39, 0.29) is 12.0 Å². The molecule has 2 fully saturated rings. The van der Waals surface area contributed by atoms with Crippen molar-refractivity contribution < 1.29 is 14.6 Å². The standard InChI is InChI=1S/C15H27NO3/c1-3-11-5-4-6-12(8-7-11)16(2)14-10-19-9-13(14)15(17)18/h11-14H,3-10H2,1-2H3,(H,17,18). The van der Waals surface area contributed by atoms with Gasteiger partial charge in [-0.3, -0.25) is 9.69 Å². The molecule has 1 saturated heterocycles. The Kier molecular flexibility index (Phi) is 5.22. The van der Waals surface area contributed by atoms with E-state index in [4.69, 9.17) is 4.74 Å². The highest BCUT2D eigenvalue weighted by atomic mass is 16.5. The lowest BCUT2D eigenvalue weighted by atomic mass is 9.96. The van der Waals surface area contributed by atoms with Crippen LogP contribution in [0.25, 0.3) is 0 Å². The van der Waals surface area contributed by atoms with E-state index in [2.05, 4.69) is 18.9 Å². The molecule has 19 heavy (non-hydrogen) atoms. The van der Waals surface area contributed by atoms with Gasteiger partial charge >= 0.3 is 5.97 Å². The van der Waals surface area contributed by atoms with Crippen LogP contribution in [0.15, 0.2) is 0 Å². The van der Waals surface area contributed by atoms with Crippen LogP contribution in [-0.4, -0.2) is 48.3 Å². The Balaban J connectivity index is 1.95. The minimum atomic E-state index is -0.714. The number of carboxylic acids is 1. The molecule has 0 aromatic heterocycles. The summed E-state index contributed by atoms with van der Waals surface area (Å²) in [4.78, 5) is 13.6. The smallest absolute Gasteiger partial charge is 0.310 e. The van der Waals surface area contributed by atoms with Gasteiger partial charge in [-0.15, -0.1) is 0 Å². The second-order valence-corrected chi connectivity index (χ2v) is 6.15. The first-order chi connectivity index (χ1) is 9.13. The Labute approximate surface area is 116 Å². The van der Waals surface area contributed by atoms with Gasteiger partial charge in [-0.2, -0.15) is 0 Å². The maximum absolute atomic E-state index is 11.3. The molecule has 0 spiro atoms. The van der Waals surface area contributed by atoms with E-state index in [0.29, 0.717) is 19.3 Å². The molecule has 0 bridgehead atoms. The van der Waals surface area contributed by atoms with Crippen molar-refractivity contribution in [2.45, 2.75) is 57.5 Å². The Morgan fingerprint density at radius 3 is 2.74 bits per heavy atom. The second-order valence-electron chi connectivity index (χ2n) is 6.15. The van der Waals surface area contributed by atoms with Gasteiger partial charge < -0.3 is 9.84 Å². The van der Waals surface area contributed by atoms with E-state index >= 15 is 0 Å². The average molecular weight is 269 g/mol. The van der Waals surface area contributed by atoms with Crippen LogP contribution in [0.1, 0.15) is 45.4 Å². The zero-order chi connectivity index (χ0) is 13.8. The summed E-state index contributed by atoms with van der Waals surface area (Å²) in [5, 5.41) is 9.26. The predicted octanol–water partition coefficient (Wildman–Crippen LogP) is 2.38. The molecule has 0 radical (unpaired) electrons. The summed E-state index contributed by atoms with van der Waals surface area (Å²) in [6.45, 7) is 3.22. The molecule has 1 aliphatic carbocycles. The van der Waals surface area contributed by atoms with Gasteiger partial charge in [0.1, 0.15) is 0 Å². The van der Waals surface area contributed by atoms with E-state index < -0.39 is 5.97 Å². The van der Waals surface area contributed by atoms with Crippen LogP contribution >= 0.6 is 0 Å². The summed E-state index contributed by atoms with van der Waals surface area (Å²) in [5.41, 5.74) is 0. The van der Waals surface area contributed by atoms with Gasteiger partial charge in [0.25, 0.3) is 0 Å². The zero-order valence-corrected chi connectivity index (χ0v) is 12.2. The fourth-order valence-corrected chi connectivity index (χ4v) is 3.63. The molecule has 1 aliphatic heterocycles. The molecule has 1 N–H and O–H groups in total. The van der Waals surface area contributed by atoms with Crippen LogP contribution in [0, 0.1) is 11.8 Å². The summed E-state index contributed by atoms with van der Waals surface area (Å²) in [6, 6.07) is 0.589. The number of rotatable bonds is 4. The average Bonchev–Trinajstić information content (AvgIpc) is 2.76. The molecule has 0 aromatic rings. The number of aliphatic carboxylic acids is 1. The van der Waals surface area contributed by atoms with Gasteiger partial charge in [0.05, 0.1) is 19.1 Å². The minimum absolute atomic E-state index is 0.0562. The summed E-state index contributed by atoms with van der Waals surface area (Å²) in [5.74, 6) is -0.196. The molecule has 2 aliphatic rings. The number of hydrogen-bond donors (Lipinski definition) is 1. The fourth-order valence-electron chi connectivity index (χ4n) is 3.63. The van der Waals surface area contributed by atoms with Crippen molar-refractivity contribution in [2.24, 2.45) is 11.8 Å². The summed E-state index contributed by atoms with van der Waals surface area (Å²) in [7, 11) is 2.09. The maximum Gasteiger partial charge on any atom is 0.310 e. The lowest BCUT2D eigenvalue weighted by Gasteiger charge is -2.33. The maximum atomic E-state index is 11.3. The third kappa shape index (κ3) is 3.48. The van der Waals surface area contributed by atoms with Crippen LogP contribution in [-0.2, 0) is 9.53 Å². The number of carboxylic acid groups (broad SMARTS) is 1. The van der Waals surface area contributed by atoms with Crippen LogP contribution in [0.5, 0.6) is 0 Å². The Morgan fingerprint density at radius 1 is 1.26 bits per heavy atom. The molecule has 4 heteroatoms. The highest BCUT2D eigenvalue weighted by Crippen LogP contribution is 2.30. The molecule has 4 atom stereocenters. The van der Waals surface area contributed by atoms with Crippen molar-refractivity contribution in [1.29, 1.82) is 0 Å². The van der Waals surface area contributed by atoms with Gasteiger partial charge in [-0.25, -0.2) is 0 Å². The second kappa shape index (κ2) is 6.71. The first kappa shape index (κ1) is 14.8. The molecule has 1 saturated carbocycles. The number of ether oxygens (including phenoxy) is 1. The molecular weight excluding hydrogens is 242 g/mol. The van der Waals surface area contributed by atoms with E-state index in [1.165, 1.54) is 38.5 Å². The fraction of sp³-hybridized carbons (Fsp3) is 0.933. The topological polar surface area (TPSA) is 49.8 Å². The van der Waals surface area contributed by atoms with Gasteiger partial charge in [0.15, 0.2) is 0 Å². The zero-order valence-electron chi connectivity index (χ0n) is 12.2. The number of carbonyl (C=O) groups is 1. The molecule has 0 aromatic carbocycles. The van der Waals surface area contributed by atoms with Crippen molar-refractivity contribution in [1.82, 2.24) is 4.90 Å². The summed E-state index contributed by atoms with van der Waals surface area (Å²) >= 11 is 0. The largest absolute Gasteiger partial charge is 0.481 e. The number of likely N-dealkylation sites (N-methyl/N-ethyl adjacent to an activating group) is 1. The van der Waals surface area contributed by atoms with E-state index in [1.54, 1.807) is 0 Å². The van der Waals surface area contributed by atoms with Crippen LogP contribution < -0.4 is 0 Å². The molecule has 110 valence electrons. The van der Waals surface area contributed by atoms with Crippen molar-refractivity contribution in [3.8, 4) is 0 Å². The minimum Gasteiger partial charge on any atom is -0.481 e. The van der Waals surface area contributed by atoms with Gasteiger partial charge in [-0.1, -0.05) is 26.2 Å². The van der Waals surface area contributed by atoms with E-state index in [1.807, 2.05) is 0 Å². The van der Waals surface area contributed by atoms with Crippen molar-refractivity contribution in [2.75, 3.05) is 20.3 Å². The summed E-state index contributed by atoms with van der Waals surface area (Å²) < 4.78 is 5.39. The van der Waals surface area contributed by atoms with E-state index in [9.17, 15) is 9.90 Å². The number of hydrogen-bond acceptors (Lipinski definition) is 3. The van der Waals surface area contributed by atoms with Crippen molar-refractivity contribution in [3.63, 3.8) is 0 Å². The first-order valence-corrected chi connectivity index (χ1v) is 7.66. The van der Waals surface area contributed by atoms with Crippen molar-refractivity contribution >= 4 is 5.97 Å². The van der Waals surface area contributed by atoms with Gasteiger partial charge in [0.2, 0.25) is 0 Å². The molecule has 4 nitrogen and oxygen atoms in total. The monoisotopic (exact) mass is 269 g/mol. The van der Waals surface area contributed by atoms with Crippen molar-refractivity contribution in [3.05, 3.63) is 0 Å². The van der Waals surface area contributed by atoms with Gasteiger partial charge in [0, 0.05) is 12.1 Å². The normalized spacial score (nSPS) is 36.4. The molecule has 2 rings (SSSR count). The Bertz CT molecular complexity index is 308. The SMILES string of the molecule is CCC1CCCC(N(C)C2COCC2C(=O)O)CC1. The lowest BCUT2D eigenvalue weighted by Crippen LogP contribution is -2.46. The third-order valence-electron chi connectivity index (χ3n) is 5.10. The highest BCUT2D eigenvalue weighted by Gasteiger charge is 2.39. The predicted molar refractivity (Wildman–Crippen MR) is 74.1 cm³/mol. The highest BCUT2D eigenvalue weighted by molar-refractivity contribution is 5.71. The molecule has 4 unspecified atom stereocenters. The Morgan fingerprint density at radius 2 is 2.05 bits per heavy atom. The van der Waals surface area contributed by atoms with Gasteiger partial charge in [-0.05, 0) is 32.2 Å². The summed E-state index contributed by atoms with van der Waals surface area (Å²) in [6.07, 6.45) is 7.59. The van der Waals surface area contributed by atoms with Crippen LogP contribution in [0.3, 0.4) is 0 Å². The van der Waals surface area contributed by atoms with Crippen LogP contribution in [0.4, 0.5) is 0 Å². The molecule has 1 heterocycles. The lowest BCUT2D eigenvalue weighted by molar-refractivity contribution is -0.143. The quantitative estimate of drug-likeness (QED) is 0.796. The van der Waals surface area contributed by atoms with Crippen LogP contribution in [0.2, 0.25) is 0 Å². The van der Waals surface area contributed by atoms with E-state index in [0.717, 1.165) is 5.92 Å². The molecular formula is C15H27NO3.